The monoisotopic (exact) mass is 440 g/mol. The summed E-state index contributed by atoms with van der Waals surface area (Å²) >= 11 is 0. The molecule has 0 saturated heterocycles. The van der Waals surface area contributed by atoms with E-state index < -0.39 is 41.8 Å². The van der Waals surface area contributed by atoms with E-state index in [4.69, 9.17) is 9.84 Å². The van der Waals surface area contributed by atoms with E-state index in [2.05, 4.69) is 0 Å². The first-order chi connectivity index (χ1) is 14.6. The Balaban J connectivity index is 2.43. The molecule has 0 fully saturated rings. The van der Waals surface area contributed by atoms with Crippen molar-refractivity contribution in [2.45, 2.75) is 51.0 Å². The Morgan fingerprint density at radius 3 is 1.81 bits per heavy atom. The molecule has 0 aliphatic carbocycles. The number of phenolic OH excluding ortho intramolecular Hbond substituents is 1. The lowest BCUT2D eigenvalue weighted by Gasteiger charge is -2.16. The van der Waals surface area contributed by atoms with Gasteiger partial charge in [-0.25, -0.2) is 9.59 Å². The molecular weight excluding hydrogens is 412 g/mol. The van der Waals surface area contributed by atoms with E-state index in [1.165, 1.54) is 12.1 Å². The standard InChI is InChI=1S/C21H28O10/c22-16-9-2-1-8-15(16)21(30)31-12-11-14(19(26)27)6-3-5-13(18(24)25)7-4-10-17(23)20(28)29/h1-2,8-9,13-14,17,22-23H,3-7,10-12H2,(H,24,25)(H,26,27)(H,28,29)/t13?,14?,17-/m0/s1. The number of phenols is 1. The number of hydrogen-bond acceptors (Lipinski definition) is 7. The fourth-order valence-corrected chi connectivity index (χ4v) is 3.09. The normalized spacial score (nSPS) is 13.7. The molecule has 0 saturated carbocycles. The molecule has 31 heavy (non-hydrogen) atoms. The summed E-state index contributed by atoms with van der Waals surface area (Å²) in [6.45, 7) is -0.167. The van der Waals surface area contributed by atoms with Gasteiger partial charge in [-0.2, -0.15) is 0 Å². The van der Waals surface area contributed by atoms with E-state index in [1.54, 1.807) is 12.1 Å². The minimum atomic E-state index is -1.54. The minimum absolute atomic E-state index is 0.0216. The van der Waals surface area contributed by atoms with Crippen molar-refractivity contribution < 1.29 is 49.4 Å². The van der Waals surface area contributed by atoms with E-state index in [0.717, 1.165) is 0 Å². The Morgan fingerprint density at radius 2 is 1.29 bits per heavy atom. The Bertz CT molecular complexity index is 760. The largest absolute Gasteiger partial charge is 0.507 e. The number of aliphatic carboxylic acids is 3. The zero-order valence-corrected chi connectivity index (χ0v) is 17.0. The van der Waals surface area contributed by atoms with Crippen molar-refractivity contribution >= 4 is 23.9 Å². The summed E-state index contributed by atoms with van der Waals surface area (Å²) < 4.78 is 5.02. The van der Waals surface area contributed by atoms with Crippen molar-refractivity contribution in [2.75, 3.05) is 6.61 Å². The van der Waals surface area contributed by atoms with Gasteiger partial charge in [0.1, 0.15) is 11.3 Å². The molecule has 0 spiro atoms. The second kappa shape index (κ2) is 13.2. The topological polar surface area (TPSA) is 179 Å². The lowest BCUT2D eigenvalue weighted by molar-refractivity contribution is -0.147. The fraction of sp³-hybridized carbons (Fsp3) is 0.524. The number of carbonyl (C=O) groups is 4. The Morgan fingerprint density at radius 1 is 0.774 bits per heavy atom. The van der Waals surface area contributed by atoms with E-state index >= 15 is 0 Å². The molecule has 1 aromatic rings. The molecule has 0 radical (unpaired) electrons. The van der Waals surface area contributed by atoms with Crippen LogP contribution in [0.2, 0.25) is 0 Å². The molecule has 2 unspecified atom stereocenters. The zero-order chi connectivity index (χ0) is 23.4. The molecule has 10 heteroatoms. The van der Waals surface area contributed by atoms with Gasteiger partial charge in [0.15, 0.2) is 6.10 Å². The van der Waals surface area contributed by atoms with Gasteiger partial charge in [0.2, 0.25) is 0 Å². The molecule has 172 valence electrons. The maximum Gasteiger partial charge on any atom is 0.341 e. The maximum atomic E-state index is 11.9. The first kappa shape index (κ1) is 25.9. The van der Waals surface area contributed by atoms with Crippen molar-refractivity contribution in [3.8, 4) is 5.75 Å². The quantitative estimate of drug-likeness (QED) is 0.254. The number of aliphatic hydroxyl groups is 1. The van der Waals surface area contributed by atoms with Crippen LogP contribution in [0.3, 0.4) is 0 Å². The molecule has 1 rings (SSSR count). The molecule has 0 aliphatic rings. The van der Waals surface area contributed by atoms with Crippen molar-refractivity contribution in [2.24, 2.45) is 11.8 Å². The number of benzene rings is 1. The Hall–Kier alpha value is -3.14. The van der Waals surface area contributed by atoms with Crippen molar-refractivity contribution in [1.29, 1.82) is 0 Å². The second-order valence-electron chi connectivity index (χ2n) is 7.23. The highest BCUT2D eigenvalue weighted by Crippen LogP contribution is 2.22. The smallest absolute Gasteiger partial charge is 0.341 e. The van der Waals surface area contributed by atoms with Gasteiger partial charge in [-0.15, -0.1) is 0 Å². The average molecular weight is 440 g/mol. The summed E-state index contributed by atoms with van der Waals surface area (Å²) in [5, 5.41) is 46.1. The number of ether oxygens (including phenoxy) is 1. The molecule has 3 atom stereocenters. The van der Waals surface area contributed by atoms with Crippen molar-refractivity contribution in [3.05, 3.63) is 29.8 Å². The van der Waals surface area contributed by atoms with Crippen LogP contribution in [0.15, 0.2) is 24.3 Å². The van der Waals surface area contributed by atoms with Crippen LogP contribution in [-0.2, 0) is 19.1 Å². The number of esters is 1. The molecule has 0 aromatic heterocycles. The number of rotatable bonds is 15. The fourth-order valence-electron chi connectivity index (χ4n) is 3.09. The van der Waals surface area contributed by atoms with Crippen LogP contribution in [0.1, 0.15) is 55.3 Å². The molecule has 10 nitrogen and oxygen atoms in total. The van der Waals surface area contributed by atoms with Crippen LogP contribution in [0.25, 0.3) is 0 Å². The van der Waals surface area contributed by atoms with Gasteiger partial charge in [-0.05, 0) is 50.7 Å². The molecule has 5 N–H and O–H groups in total. The number of carbonyl (C=O) groups excluding carboxylic acids is 1. The lowest BCUT2D eigenvalue weighted by Crippen LogP contribution is -2.21. The van der Waals surface area contributed by atoms with Crippen LogP contribution < -0.4 is 0 Å². The molecule has 0 aliphatic heterocycles. The molecule has 1 aromatic carbocycles. The Kier molecular flexibility index (Phi) is 11.0. The lowest BCUT2D eigenvalue weighted by atomic mass is 9.91. The van der Waals surface area contributed by atoms with Gasteiger partial charge in [0.05, 0.1) is 18.4 Å². The van der Waals surface area contributed by atoms with Gasteiger partial charge in [0.25, 0.3) is 0 Å². The summed E-state index contributed by atoms with van der Waals surface area (Å²) in [5.74, 6) is -6.12. The van der Waals surface area contributed by atoms with Crippen molar-refractivity contribution in [3.63, 3.8) is 0 Å². The second-order valence-corrected chi connectivity index (χ2v) is 7.23. The van der Waals surface area contributed by atoms with E-state index in [0.29, 0.717) is 6.42 Å². The summed E-state index contributed by atoms with van der Waals surface area (Å²) in [5.41, 5.74) is -0.0216. The van der Waals surface area contributed by atoms with E-state index in [9.17, 15) is 39.6 Å². The van der Waals surface area contributed by atoms with Crippen LogP contribution in [0, 0.1) is 11.8 Å². The number of carboxylic acids is 3. The maximum absolute atomic E-state index is 11.9. The SMILES string of the molecule is O=C(OCCC(CCCC(CCC[C@H](O)C(=O)O)C(=O)O)C(=O)O)c1ccccc1O. The highest BCUT2D eigenvalue weighted by molar-refractivity contribution is 5.92. The van der Waals surface area contributed by atoms with E-state index in [1.807, 2.05) is 0 Å². The van der Waals surface area contributed by atoms with Crippen LogP contribution >= 0.6 is 0 Å². The highest BCUT2D eigenvalue weighted by Gasteiger charge is 2.23. The van der Waals surface area contributed by atoms with Gasteiger partial charge < -0.3 is 30.3 Å². The third-order valence-electron chi connectivity index (χ3n) is 4.94. The number of hydrogen-bond donors (Lipinski definition) is 5. The number of aromatic hydroxyl groups is 1. The van der Waals surface area contributed by atoms with Crippen molar-refractivity contribution in [1.82, 2.24) is 0 Å². The van der Waals surface area contributed by atoms with Gasteiger partial charge in [-0.1, -0.05) is 18.6 Å². The molecular formula is C21H28O10. The number of aliphatic hydroxyl groups excluding tert-OH is 1. The first-order valence-corrected chi connectivity index (χ1v) is 9.95. The first-order valence-electron chi connectivity index (χ1n) is 9.95. The average Bonchev–Trinajstić information content (AvgIpc) is 2.70. The predicted molar refractivity (Wildman–Crippen MR) is 107 cm³/mol. The highest BCUT2D eigenvalue weighted by atomic mass is 16.5. The summed E-state index contributed by atoms with van der Waals surface area (Å²) in [4.78, 5) is 45.3. The predicted octanol–water partition coefficient (Wildman–Crippen LogP) is 2.13. The van der Waals surface area contributed by atoms with Crippen LogP contribution in [0.5, 0.6) is 5.75 Å². The zero-order valence-electron chi connectivity index (χ0n) is 17.0. The number of para-hydroxylation sites is 1. The summed E-state index contributed by atoms with van der Waals surface area (Å²) in [6, 6.07) is 5.81. The van der Waals surface area contributed by atoms with Gasteiger partial charge >= 0.3 is 23.9 Å². The van der Waals surface area contributed by atoms with Gasteiger partial charge in [-0.3, -0.25) is 9.59 Å². The van der Waals surface area contributed by atoms with Crippen LogP contribution in [-0.4, -0.2) is 62.1 Å². The molecule has 0 amide bonds. The number of carboxylic acid groups (broad SMARTS) is 3. The van der Waals surface area contributed by atoms with Gasteiger partial charge in [0, 0.05) is 0 Å². The molecule has 0 heterocycles. The summed E-state index contributed by atoms with van der Waals surface area (Å²) in [7, 11) is 0. The third kappa shape index (κ3) is 9.47. The van der Waals surface area contributed by atoms with E-state index in [-0.39, 0.29) is 56.4 Å². The Labute approximate surface area is 179 Å². The van der Waals surface area contributed by atoms with Crippen LogP contribution in [0.4, 0.5) is 0 Å². The molecule has 0 bridgehead atoms. The minimum Gasteiger partial charge on any atom is -0.507 e. The third-order valence-corrected chi connectivity index (χ3v) is 4.94. The summed E-state index contributed by atoms with van der Waals surface area (Å²) in [6.07, 6.45) is -0.458.